The highest BCUT2D eigenvalue weighted by atomic mass is 16.6. The van der Waals surface area contributed by atoms with Gasteiger partial charge in [0.25, 0.3) is 0 Å². The van der Waals surface area contributed by atoms with Crippen LogP contribution in [0.5, 0.6) is 0 Å². The van der Waals surface area contributed by atoms with Gasteiger partial charge in [-0.15, -0.1) is 0 Å². The zero-order valence-electron chi connectivity index (χ0n) is 19.0. The molecule has 1 aromatic heterocycles. The summed E-state index contributed by atoms with van der Waals surface area (Å²) in [5.41, 5.74) is -1.43. The summed E-state index contributed by atoms with van der Waals surface area (Å²) in [7, 11) is 0. The first-order valence-corrected chi connectivity index (χ1v) is 11.1. The van der Waals surface area contributed by atoms with Crippen LogP contribution in [0.4, 0.5) is 0 Å². The van der Waals surface area contributed by atoms with Gasteiger partial charge < -0.3 is 28.5 Å². The van der Waals surface area contributed by atoms with Crippen LogP contribution in [0.25, 0.3) is 5.76 Å². The Kier molecular flexibility index (Phi) is 4.60. The van der Waals surface area contributed by atoms with Crippen LogP contribution in [0.1, 0.15) is 46.6 Å². The molecule has 2 aliphatic carbocycles. The quantitative estimate of drug-likeness (QED) is 0.558. The van der Waals surface area contributed by atoms with E-state index in [1.165, 1.54) is 13.8 Å². The molecule has 8 nitrogen and oxygen atoms in total. The molecule has 2 aliphatic heterocycles. The summed E-state index contributed by atoms with van der Waals surface area (Å²) in [5.74, 6) is -0.600. The molecule has 4 aliphatic rings. The fourth-order valence-corrected chi connectivity index (χ4v) is 6.94. The Hall–Kier alpha value is -2.32. The summed E-state index contributed by atoms with van der Waals surface area (Å²) in [5, 5.41) is 11.2. The summed E-state index contributed by atoms with van der Waals surface area (Å²) in [6, 6.07) is 1.83. The first-order chi connectivity index (χ1) is 15.0. The third-order valence-electron chi connectivity index (χ3n) is 8.53. The predicted molar refractivity (Wildman–Crippen MR) is 111 cm³/mol. The van der Waals surface area contributed by atoms with Gasteiger partial charge in [0.2, 0.25) is 0 Å². The lowest BCUT2D eigenvalue weighted by Crippen LogP contribution is -2.75. The molecule has 8 heteroatoms. The number of ether oxygens (including phenoxy) is 4. The van der Waals surface area contributed by atoms with Gasteiger partial charge in [-0.2, -0.15) is 0 Å². The van der Waals surface area contributed by atoms with Crippen LogP contribution >= 0.6 is 0 Å². The number of allylic oxidation sites excluding steroid dienone is 1. The van der Waals surface area contributed by atoms with Crippen LogP contribution in [0, 0.1) is 22.7 Å². The molecule has 3 heterocycles. The van der Waals surface area contributed by atoms with Crippen LogP contribution in [0.15, 0.2) is 29.1 Å². The molecule has 2 saturated carbocycles. The van der Waals surface area contributed by atoms with Gasteiger partial charge in [-0.25, -0.2) is 0 Å². The summed E-state index contributed by atoms with van der Waals surface area (Å²) >= 11 is 0. The highest BCUT2D eigenvalue weighted by Gasteiger charge is 2.80. The van der Waals surface area contributed by atoms with Crippen molar-refractivity contribution in [3.05, 3.63) is 30.2 Å². The number of aliphatic hydroxyl groups is 1. The van der Waals surface area contributed by atoms with E-state index in [4.69, 9.17) is 23.4 Å². The fraction of sp³-hybridized carbons (Fsp3) is 0.667. The minimum Gasteiger partial charge on any atom is -0.490 e. The summed E-state index contributed by atoms with van der Waals surface area (Å²) < 4.78 is 29.4. The molecule has 1 spiro atoms. The molecule has 0 bridgehead atoms. The number of rotatable bonds is 3. The largest absolute Gasteiger partial charge is 0.490 e. The molecule has 0 aromatic carbocycles. The Morgan fingerprint density at radius 2 is 1.88 bits per heavy atom. The Morgan fingerprint density at radius 3 is 2.44 bits per heavy atom. The van der Waals surface area contributed by atoms with E-state index in [0.717, 1.165) is 5.56 Å². The number of epoxide rings is 1. The van der Waals surface area contributed by atoms with E-state index >= 15 is 0 Å². The van der Waals surface area contributed by atoms with Gasteiger partial charge in [0, 0.05) is 42.9 Å². The summed E-state index contributed by atoms with van der Waals surface area (Å²) in [6.45, 7) is 9.17. The van der Waals surface area contributed by atoms with Crippen LogP contribution in [0.2, 0.25) is 0 Å². The minimum atomic E-state index is -0.890. The number of fused-ring (bicyclic) bond motifs is 1. The second-order valence-corrected chi connectivity index (χ2v) is 10.1. The molecule has 3 fully saturated rings. The Morgan fingerprint density at radius 1 is 1.19 bits per heavy atom. The lowest BCUT2D eigenvalue weighted by Gasteiger charge is -2.66. The lowest BCUT2D eigenvalue weighted by atomic mass is 9.41. The van der Waals surface area contributed by atoms with Crippen molar-refractivity contribution < 1.29 is 38.1 Å². The number of esters is 2. The van der Waals surface area contributed by atoms with E-state index in [-0.39, 0.29) is 17.9 Å². The Labute approximate surface area is 186 Å². The highest BCUT2D eigenvalue weighted by Crippen LogP contribution is 2.70. The van der Waals surface area contributed by atoms with Gasteiger partial charge in [-0.05, 0) is 12.1 Å². The molecule has 0 amide bonds. The number of carbonyl (C=O) groups is 2. The normalized spacial score (nSPS) is 46.5. The molecule has 1 saturated heterocycles. The van der Waals surface area contributed by atoms with Crippen LogP contribution in [0.3, 0.4) is 0 Å². The van der Waals surface area contributed by atoms with E-state index in [0.29, 0.717) is 18.8 Å². The monoisotopic (exact) mass is 446 g/mol. The maximum atomic E-state index is 12.2. The number of carbonyl (C=O) groups excluding carboxylic acids is 2. The zero-order valence-corrected chi connectivity index (χ0v) is 19.0. The molecule has 0 unspecified atom stereocenters. The molecule has 9 atom stereocenters. The van der Waals surface area contributed by atoms with Gasteiger partial charge >= 0.3 is 11.9 Å². The predicted octanol–water partition coefficient (Wildman–Crippen LogP) is 2.69. The van der Waals surface area contributed by atoms with Crippen molar-refractivity contribution in [1.29, 1.82) is 0 Å². The topological polar surface area (TPSA) is 108 Å². The van der Waals surface area contributed by atoms with Crippen LogP contribution in [-0.2, 0) is 28.5 Å². The summed E-state index contributed by atoms with van der Waals surface area (Å²) in [4.78, 5) is 24.3. The third-order valence-corrected chi connectivity index (χ3v) is 8.53. The van der Waals surface area contributed by atoms with Crippen molar-refractivity contribution in [1.82, 2.24) is 0 Å². The highest BCUT2D eigenvalue weighted by molar-refractivity contribution is 5.68. The maximum Gasteiger partial charge on any atom is 0.303 e. The van der Waals surface area contributed by atoms with Gasteiger partial charge in [-0.3, -0.25) is 9.59 Å². The first-order valence-electron chi connectivity index (χ1n) is 11.1. The molecular weight excluding hydrogens is 416 g/mol. The van der Waals surface area contributed by atoms with E-state index < -0.39 is 46.7 Å². The molecule has 174 valence electrons. The van der Waals surface area contributed by atoms with E-state index in [9.17, 15) is 14.7 Å². The smallest absolute Gasteiger partial charge is 0.303 e. The van der Waals surface area contributed by atoms with Gasteiger partial charge in [-0.1, -0.05) is 20.8 Å². The molecular formula is C24H30O8. The van der Waals surface area contributed by atoms with Crippen molar-refractivity contribution in [2.24, 2.45) is 22.7 Å². The van der Waals surface area contributed by atoms with Gasteiger partial charge in [0.05, 0.1) is 24.5 Å². The average Bonchev–Trinajstić information content (AvgIpc) is 3.34. The number of hydrogen-bond acceptors (Lipinski definition) is 8. The lowest BCUT2D eigenvalue weighted by molar-refractivity contribution is -0.277. The van der Waals surface area contributed by atoms with Crippen molar-refractivity contribution in [2.75, 3.05) is 6.61 Å². The van der Waals surface area contributed by atoms with Crippen LogP contribution in [-0.4, -0.2) is 53.7 Å². The van der Waals surface area contributed by atoms with Gasteiger partial charge in [0.15, 0.2) is 0 Å². The maximum absolute atomic E-state index is 12.2. The molecule has 0 radical (unpaired) electrons. The van der Waals surface area contributed by atoms with E-state index in [1.54, 1.807) is 12.5 Å². The Balaban J connectivity index is 1.72. The molecule has 1 aromatic rings. The van der Waals surface area contributed by atoms with Crippen LogP contribution < -0.4 is 0 Å². The van der Waals surface area contributed by atoms with Crippen molar-refractivity contribution in [3.8, 4) is 0 Å². The molecule has 1 N–H and O–H groups in total. The van der Waals surface area contributed by atoms with E-state index in [1.807, 2.05) is 19.9 Å². The van der Waals surface area contributed by atoms with Crippen molar-refractivity contribution in [3.63, 3.8) is 0 Å². The number of hydrogen-bond donors (Lipinski definition) is 1. The minimum absolute atomic E-state index is 0.150. The van der Waals surface area contributed by atoms with Gasteiger partial charge in [0.1, 0.15) is 35.9 Å². The zero-order chi connectivity index (χ0) is 23.1. The summed E-state index contributed by atoms with van der Waals surface area (Å²) in [6.07, 6.45) is 3.02. The Bertz CT molecular complexity index is 963. The third kappa shape index (κ3) is 2.68. The van der Waals surface area contributed by atoms with Crippen molar-refractivity contribution in [2.45, 2.75) is 71.1 Å². The first kappa shape index (κ1) is 21.5. The standard InChI is InChI=1S/C24H30O8/c1-12-19(30-13(2)25)21(31-14(3)26)23(5)20-16(8-18(27)24(23)11-29-24)32-17(9-22(12,20)4)15-6-7-28-10-15/h6-7,9-10,12,16,18-21,27H,8,11H2,1-5H3/t12-,16-,18+,19-,20-,21+,22+,23+,24-/m1/s1. The second kappa shape index (κ2) is 6.84. The second-order valence-electron chi connectivity index (χ2n) is 10.1. The molecule has 5 rings (SSSR count). The molecule has 32 heavy (non-hydrogen) atoms. The number of aliphatic hydroxyl groups excluding tert-OH is 1. The van der Waals surface area contributed by atoms with E-state index in [2.05, 4.69) is 13.0 Å². The van der Waals surface area contributed by atoms with Crippen molar-refractivity contribution >= 4 is 17.7 Å². The average molecular weight is 446 g/mol. The SMILES string of the molecule is CC(=O)O[C@@H]1[C@@H](C)[C@]2(C)C=C(c3ccoc3)O[C@@H]3C[C@H](O)[C@]4(CO4)[C@@](C)([C@H]32)[C@H]1OC(C)=O. The fourth-order valence-electron chi connectivity index (χ4n) is 6.94. The number of furan rings is 1.